The van der Waals surface area contributed by atoms with Gasteiger partial charge in [0.05, 0.1) is 11.5 Å². The second-order valence-electron chi connectivity index (χ2n) is 9.21. The fraction of sp³-hybridized carbons (Fsp3) is 0.161. The predicted molar refractivity (Wildman–Crippen MR) is 155 cm³/mol. The molecule has 11 heteroatoms. The van der Waals surface area contributed by atoms with E-state index in [1.54, 1.807) is 30.3 Å². The highest BCUT2D eigenvalue weighted by Crippen LogP contribution is 2.25. The molecule has 3 N–H and O–H groups in total. The number of hydrogen-bond donors (Lipinski definition) is 3. The third-order valence-electron chi connectivity index (χ3n) is 6.20. The molecule has 0 fully saturated rings. The second-order valence-corrected chi connectivity index (χ2v) is 10.9. The molecule has 0 heterocycles. The van der Waals surface area contributed by atoms with Crippen LogP contribution in [0.15, 0.2) is 114 Å². The average molecular weight is 592 g/mol. The van der Waals surface area contributed by atoms with Gasteiger partial charge in [0.25, 0.3) is 15.9 Å². The highest BCUT2D eigenvalue weighted by molar-refractivity contribution is 7.92. The van der Waals surface area contributed by atoms with Gasteiger partial charge >= 0.3 is 0 Å². The van der Waals surface area contributed by atoms with Gasteiger partial charge < -0.3 is 20.1 Å². The molecule has 0 saturated carbocycles. The van der Waals surface area contributed by atoms with Gasteiger partial charge in [-0.1, -0.05) is 60.7 Å². The fourth-order valence-corrected chi connectivity index (χ4v) is 5.22. The lowest BCUT2D eigenvalue weighted by Gasteiger charge is -2.31. The molecular formula is C31H30FN3O6S. The number of nitrogens with zero attached hydrogens (tertiary/aromatic N) is 1. The molecule has 0 saturated heterocycles. The average Bonchev–Trinajstić information content (AvgIpc) is 3.01. The van der Waals surface area contributed by atoms with Crippen LogP contribution in [0.4, 0.5) is 10.1 Å². The lowest BCUT2D eigenvalue weighted by atomic mass is 10.0. The van der Waals surface area contributed by atoms with Gasteiger partial charge in [-0.15, -0.1) is 0 Å². The molecule has 4 rings (SSSR count). The molecule has 0 unspecified atom stereocenters. The van der Waals surface area contributed by atoms with Gasteiger partial charge in [0.2, 0.25) is 5.91 Å². The van der Waals surface area contributed by atoms with E-state index in [1.807, 2.05) is 30.3 Å². The Morgan fingerprint density at radius 1 is 0.857 bits per heavy atom. The maximum absolute atomic E-state index is 13.6. The summed E-state index contributed by atoms with van der Waals surface area (Å²) in [4.78, 5) is 28.2. The first-order valence-electron chi connectivity index (χ1n) is 13.0. The van der Waals surface area contributed by atoms with E-state index in [1.165, 1.54) is 41.3 Å². The first kappa shape index (κ1) is 30.2. The Balaban J connectivity index is 1.52. The minimum absolute atomic E-state index is 0.0251. The van der Waals surface area contributed by atoms with Crippen LogP contribution in [0.5, 0.6) is 5.75 Å². The molecule has 0 aromatic heterocycles. The van der Waals surface area contributed by atoms with Crippen molar-refractivity contribution in [2.24, 2.45) is 0 Å². The van der Waals surface area contributed by atoms with Crippen molar-refractivity contribution in [3.05, 3.63) is 126 Å². The maximum atomic E-state index is 13.6. The SMILES string of the molecule is O=C(NCCO)[C@@H](c1ccccc1)N(Cc1ccccc1)C(=O)COc1ccc(S(=O)(=O)Nc2ccc(F)cc2)cc1. The van der Waals surface area contributed by atoms with E-state index in [0.29, 0.717) is 5.56 Å². The number of carbonyl (C=O) groups is 2. The molecule has 1 atom stereocenters. The number of aliphatic hydroxyl groups is 1. The lowest BCUT2D eigenvalue weighted by molar-refractivity contribution is -0.143. The highest BCUT2D eigenvalue weighted by atomic mass is 32.2. The van der Waals surface area contributed by atoms with Crippen molar-refractivity contribution < 1.29 is 32.2 Å². The number of rotatable bonds is 13. The monoisotopic (exact) mass is 591 g/mol. The van der Waals surface area contributed by atoms with Crippen LogP contribution in [0.25, 0.3) is 0 Å². The van der Waals surface area contributed by atoms with Crippen molar-refractivity contribution in [1.29, 1.82) is 0 Å². The molecule has 4 aromatic rings. The van der Waals surface area contributed by atoms with Crippen LogP contribution in [0, 0.1) is 5.82 Å². The number of benzene rings is 4. The van der Waals surface area contributed by atoms with Gasteiger partial charge in [-0.05, 0) is 59.7 Å². The Morgan fingerprint density at radius 3 is 2.10 bits per heavy atom. The standard InChI is InChI=1S/C31H30FN3O6S/c32-25-11-13-26(14-12-25)34-42(39,40)28-17-15-27(16-18-28)41-22-29(37)35(21-23-7-3-1-4-8-23)30(31(38)33-19-20-36)24-9-5-2-6-10-24/h1-18,30,34,36H,19-22H2,(H,33,38)/t30-/m1/s1. The van der Waals surface area contributed by atoms with Crippen LogP contribution in [0.3, 0.4) is 0 Å². The van der Waals surface area contributed by atoms with Crippen LogP contribution in [0.2, 0.25) is 0 Å². The smallest absolute Gasteiger partial charge is 0.261 e. The number of sulfonamides is 1. The van der Waals surface area contributed by atoms with Crippen molar-refractivity contribution in [2.45, 2.75) is 17.5 Å². The minimum Gasteiger partial charge on any atom is -0.484 e. The van der Waals surface area contributed by atoms with Crippen molar-refractivity contribution in [3.63, 3.8) is 0 Å². The van der Waals surface area contributed by atoms with Gasteiger partial charge in [0.1, 0.15) is 17.6 Å². The summed E-state index contributed by atoms with van der Waals surface area (Å²) in [5.74, 6) is -1.19. The number of halogens is 1. The highest BCUT2D eigenvalue weighted by Gasteiger charge is 2.31. The normalized spacial score (nSPS) is 11.8. The molecule has 0 aliphatic heterocycles. The van der Waals surface area contributed by atoms with Gasteiger partial charge in [0, 0.05) is 18.8 Å². The van der Waals surface area contributed by atoms with E-state index in [2.05, 4.69) is 10.0 Å². The first-order chi connectivity index (χ1) is 20.3. The third kappa shape index (κ3) is 8.15. The summed E-state index contributed by atoms with van der Waals surface area (Å²) in [6.07, 6.45) is 0. The number of hydrogen-bond acceptors (Lipinski definition) is 6. The van der Waals surface area contributed by atoms with E-state index in [-0.39, 0.29) is 36.0 Å². The van der Waals surface area contributed by atoms with E-state index in [9.17, 15) is 27.5 Å². The number of carbonyl (C=O) groups excluding carboxylic acids is 2. The van der Waals surface area contributed by atoms with Crippen molar-refractivity contribution >= 4 is 27.5 Å². The van der Waals surface area contributed by atoms with Crippen LogP contribution >= 0.6 is 0 Å². The summed E-state index contributed by atoms with van der Waals surface area (Å²) in [5, 5.41) is 11.9. The van der Waals surface area contributed by atoms with Crippen LogP contribution in [-0.4, -0.2) is 50.0 Å². The second kappa shape index (κ2) is 14.2. The Morgan fingerprint density at radius 2 is 1.48 bits per heavy atom. The number of aliphatic hydroxyl groups excluding tert-OH is 1. The molecule has 42 heavy (non-hydrogen) atoms. The lowest BCUT2D eigenvalue weighted by Crippen LogP contribution is -2.45. The number of anilines is 1. The molecule has 0 aliphatic rings. The van der Waals surface area contributed by atoms with Crippen molar-refractivity contribution in [2.75, 3.05) is 24.5 Å². The number of ether oxygens (including phenoxy) is 1. The Bertz CT molecular complexity index is 1570. The zero-order valence-electron chi connectivity index (χ0n) is 22.5. The molecule has 0 aliphatic carbocycles. The largest absolute Gasteiger partial charge is 0.484 e. The summed E-state index contributed by atoms with van der Waals surface area (Å²) in [6, 6.07) is 27.4. The zero-order chi connectivity index (χ0) is 30.0. The summed E-state index contributed by atoms with van der Waals surface area (Å²) in [7, 11) is -3.95. The van der Waals surface area contributed by atoms with Crippen molar-refractivity contribution in [1.82, 2.24) is 10.2 Å². The number of nitrogens with one attached hydrogen (secondary N) is 2. The van der Waals surface area contributed by atoms with Crippen LogP contribution in [0.1, 0.15) is 17.2 Å². The molecule has 9 nitrogen and oxygen atoms in total. The Kier molecular flexibility index (Phi) is 10.2. The predicted octanol–water partition coefficient (Wildman–Crippen LogP) is 3.88. The molecule has 0 radical (unpaired) electrons. The van der Waals surface area contributed by atoms with Gasteiger partial charge in [0.15, 0.2) is 6.61 Å². The molecule has 218 valence electrons. The van der Waals surface area contributed by atoms with Crippen LogP contribution in [-0.2, 0) is 26.2 Å². The first-order valence-corrected chi connectivity index (χ1v) is 14.5. The number of amides is 2. The van der Waals surface area contributed by atoms with E-state index < -0.39 is 40.3 Å². The Hall–Kier alpha value is -4.74. The van der Waals surface area contributed by atoms with E-state index in [4.69, 9.17) is 4.74 Å². The third-order valence-corrected chi connectivity index (χ3v) is 7.59. The summed E-state index contributed by atoms with van der Waals surface area (Å²) >= 11 is 0. The van der Waals surface area contributed by atoms with Crippen LogP contribution < -0.4 is 14.8 Å². The van der Waals surface area contributed by atoms with E-state index >= 15 is 0 Å². The van der Waals surface area contributed by atoms with E-state index in [0.717, 1.165) is 17.7 Å². The van der Waals surface area contributed by atoms with Crippen molar-refractivity contribution in [3.8, 4) is 5.75 Å². The summed E-state index contributed by atoms with van der Waals surface area (Å²) in [6.45, 7) is -0.545. The fourth-order valence-electron chi connectivity index (χ4n) is 4.16. The summed E-state index contributed by atoms with van der Waals surface area (Å²) in [5.41, 5.74) is 1.59. The zero-order valence-corrected chi connectivity index (χ0v) is 23.3. The van der Waals surface area contributed by atoms with Gasteiger partial charge in [-0.3, -0.25) is 14.3 Å². The topological polar surface area (TPSA) is 125 Å². The molecule has 0 spiro atoms. The minimum atomic E-state index is -3.95. The van der Waals surface area contributed by atoms with Gasteiger partial charge in [-0.2, -0.15) is 0 Å². The molecule has 0 bridgehead atoms. The Labute approximate surface area is 243 Å². The molecule has 2 amide bonds. The molecular weight excluding hydrogens is 561 g/mol. The summed E-state index contributed by atoms with van der Waals surface area (Å²) < 4.78 is 46.7. The maximum Gasteiger partial charge on any atom is 0.261 e. The quantitative estimate of drug-likeness (QED) is 0.217. The van der Waals surface area contributed by atoms with Gasteiger partial charge in [-0.25, -0.2) is 12.8 Å². The molecule has 4 aromatic carbocycles.